The lowest BCUT2D eigenvalue weighted by molar-refractivity contribution is 0.376. The molecule has 0 aromatic rings. The summed E-state index contributed by atoms with van der Waals surface area (Å²) in [5.74, 6) is 0. The van der Waals surface area contributed by atoms with Crippen LogP contribution in [-0.4, -0.2) is 24.9 Å². The topological polar surface area (TPSA) is 49.7 Å². The third-order valence-electron chi connectivity index (χ3n) is 2.02. The highest BCUT2D eigenvalue weighted by Gasteiger charge is 2.11. The molecule has 0 saturated heterocycles. The second-order valence-corrected chi connectivity index (χ2v) is 3.25. The molecule has 5 heteroatoms. The quantitative estimate of drug-likeness (QED) is 0.421. The zero-order valence-corrected chi connectivity index (χ0v) is 8.41. The van der Waals surface area contributed by atoms with Crippen molar-refractivity contribution in [3.05, 3.63) is 0 Å². The molecule has 75 valence electrons. The van der Waals surface area contributed by atoms with Crippen LogP contribution < -0.4 is 0 Å². The molecule has 0 atom stereocenters. The van der Waals surface area contributed by atoms with Crippen LogP contribution >= 0.6 is 0 Å². The molecule has 0 heterocycles. The predicted octanol–water partition coefficient (Wildman–Crippen LogP) is 1.37. The van der Waals surface area contributed by atoms with Gasteiger partial charge in [0.1, 0.15) is 0 Å². The smallest absolute Gasteiger partial charge is 0.453 e. The van der Waals surface area contributed by atoms with Gasteiger partial charge in [-0.1, -0.05) is 45.4 Å². The molecule has 0 amide bonds. The highest BCUT2D eigenvalue weighted by atomic mass is 16.5. The van der Waals surface area contributed by atoms with Gasteiger partial charge >= 0.3 is 14.8 Å². The molecule has 0 bridgehead atoms. The average molecular weight is 185 g/mol. The van der Waals surface area contributed by atoms with Gasteiger partial charge in [-0.05, 0) is 6.32 Å². The first-order valence-corrected chi connectivity index (χ1v) is 5.10. The summed E-state index contributed by atoms with van der Waals surface area (Å²) in [5, 5.41) is 17.2. The fraction of sp³-hybridized carbons (Fsp3) is 1.00. The van der Waals surface area contributed by atoms with Crippen molar-refractivity contribution in [1.29, 1.82) is 0 Å². The molecule has 2 N–H and O–H groups in total. The molecule has 0 rings (SSSR count). The van der Waals surface area contributed by atoms with Crippen molar-refractivity contribution in [3.63, 3.8) is 0 Å². The molecule has 0 aliphatic carbocycles. The molecule has 0 aromatic heterocycles. The van der Waals surface area contributed by atoms with Crippen LogP contribution in [0.3, 0.4) is 0 Å². The van der Waals surface area contributed by atoms with Crippen molar-refractivity contribution in [1.82, 2.24) is 0 Å². The van der Waals surface area contributed by atoms with Crippen LogP contribution in [0, 0.1) is 0 Å². The molecule has 0 aromatic carbocycles. The third kappa shape index (κ3) is 9.93. The van der Waals surface area contributed by atoms with E-state index in [2.05, 4.69) is 11.5 Å². The molecule has 3 nitrogen and oxygen atoms in total. The zero-order valence-electron chi connectivity index (χ0n) is 8.41. The summed E-state index contributed by atoms with van der Waals surface area (Å²) in [6, 6.07) is 0. The monoisotopic (exact) mass is 185 g/mol. The van der Waals surface area contributed by atoms with Crippen LogP contribution in [0.25, 0.3) is 0 Å². The lowest BCUT2D eigenvalue weighted by Crippen LogP contribution is -2.19. The fourth-order valence-corrected chi connectivity index (χ4v) is 1.24. The van der Waals surface area contributed by atoms with Gasteiger partial charge in [0.05, 0.1) is 0 Å². The van der Waals surface area contributed by atoms with Gasteiger partial charge in [0.2, 0.25) is 0 Å². The average Bonchev–Trinajstić information content (AvgIpc) is 2.11. The Balaban J connectivity index is 2.97. The standard InChI is InChI=1S/C8H19B2O3/c1-2-3-4-5-6-7-8-10(12)13-9-11/h11-12H,2-8H2,1H3. The molecule has 0 saturated carbocycles. The van der Waals surface area contributed by atoms with Crippen LogP contribution in [0.15, 0.2) is 0 Å². The van der Waals surface area contributed by atoms with Crippen molar-refractivity contribution in [2.24, 2.45) is 0 Å². The van der Waals surface area contributed by atoms with E-state index in [0.29, 0.717) is 14.0 Å². The summed E-state index contributed by atoms with van der Waals surface area (Å²) < 4.78 is 4.46. The fourth-order valence-electron chi connectivity index (χ4n) is 1.24. The number of hydrogen-bond acceptors (Lipinski definition) is 3. The maximum atomic E-state index is 9.04. The Labute approximate surface area is 81.9 Å². The molecule has 1 radical (unpaired) electrons. The summed E-state index contributed by atoms with van der Waals surface area (Å²) in [6.45, 7) is 2.19. The van der Waals surface area contributed by atoms with Crippen LogP contribution in [0.5, 0.6) is 0 Å². The van der Waals surface area contributed by atoms with Gasteiger partial charge in [0.25, 0.3) is 0 Å². The largest absolute Gasteiger partial charge is 0.470 e. The Morgan fingerprint density at radius 1 is 1.15 bits per heavy atom. The Morgan fingerprint density at radius 2 is 1.77 bits per heavy atom. The summed E-state index contributed by atoms with van der Waals surface area (Å²) in [7, 11) is -0.293. The first kappa shape index (κ1) is 13.0. The molecule has 0 fully saturated rings. The van der Waals surface area contributed by atoms with Crippen molar-refractivity contribution in [2.45, 2.75) is 51.8 Å². The minimum Gasteiger partial charge on any atom is -0.453 e. The second-order valence-electron chi connectivity index (χ2n) is 3.25. The van der Waals surface area contributed by atoms with E-state index >= 15 is 0 Å². The normalized spacial score (nSPS) is 10.1. The van der Waals surface area contributed by atoms with Gasteiger partial charge in [0, 0.05) is 0 Å². The van der Waals surface area contributed by atoms with Crippen LogP contribution in [0.4, 0.5) is 0 Å². The maximum Gasteiger partial charge on any atom is 0.470 e. The van der Waals surface area contributed by atoms with E-state index < -0.39 is 7.12 Å². The van der Waals surface area contributed by atoms with E-state index in [0.717, 1.165) is 12.8 Å². The lowest BCUT2D eigenvalue weighted by atomic mass is 9.81. The molecule has 0 aliphatic heterocycles. The molecular formula is C8H19B2O3. The molecule has 0 unspecified atom stereocenters. The SMILES string of the molecule is CCCCCCCCB(O)O[B]O. The van der Waals surface area contributed by atoms with Crippen LogP contribution in [-0.2, 0) is 4.57 Å². The van der Waals surface area contributed by atoms with Gasteiger partial charge in [-0.15, -0.1) is 0 Å². The lowest BCUT2D eigenvalue weighted by Gasteiger charge is -2.04. The van der Waals surface area contributed by atoms with Crippen molar-refractivity contribution < 1.29 is 14.6 Å². The number of hydrogen-bond donors (Lipinski definition) is 2. The second kappa shape index (κ2) is 10.1. The third-order valence-corrected chi connectivity index (χ3v) is 2.02. The Kier molecular flexibility index (Phi) is 10.1. The van der Waals surface area contributed by atoms with E-state index in [9.17, 15) is 0 Å². The minimum absolute atomic E-state index is 0.543. The summed E-state index contributed by atoms with van der Waals surface area (Å²) in [5.41, 5.74) is 0. The van der Waals surface area contributed by atoms with E-state index in [1.165, 1.54) is 25.7 Å². The van der Waals surface area contributed by atoms with Crippen LogP contribution in [0.2, 0.25) is 6.32 Å². The van der Waals surface area contributed by atoms with E-state index in [1.54, 1.807) is 0 Å². The van der Waals surface area contributed by atoms with Crippen molar-refractivity contribution in [2.75, 3.05) is 0 Å². The molecular weight excluding hydrogens is 166 g/mol. The minimum atomic E-state index is -0.837. The summed E-state index contributed by atoms with van der Waals surface area (Å²) >= 11 is 0. The van der Waals surface area contributed by atoms with Crippen molar-refractivity contribution in [3.8, 4) is 0 Å². The van der Waals surface area contributed by atoms with Gasteiger partial charge < -0.3 is 14.6 Å². The van der Waals surface area contributed by atoms with E-state index in [1.807, 2.05) is 0 Å². The van der Waals surface area contributed by atoms with Gasteiger partial charge in [-0.25, -0.2) is 0 Å². The number of rotatable bonds is 9. The molecule has 0 aliphatic rings. The van der Waals surface area contributed by atoms with Gasteiger partial charge in [-0.2, -0.15) is 0 Å². The Hall–Kier alpha value is 0.00987. The first-order valence-electron chi connectivity index (χ1n) is 5.10. The van der Waals surface area contributed by atoms with Crippen molar-refractivity contribution >= 4 is 14.8 Å². The highest BCUT2D eigenvalue weighted by Crippen LogP contribution is 2.08. The molecule has 0 spiro atoms. The Bertz CT molecular complexity index is 103. The van der Waals surface area contributed by atoms with Gasteiger partial charge in [-0.3, -0.25) is 0 Å². The van der Waals surface area contributed by atoms with E-state index in [4.69, 9.17) is 10.0 Å². The van der Waals surface area contributed by atoms with Gasteiger partial charge in [0.15, 0.2) is 0 Å². The Morgan fingerprint density at radius 3 is 2.38 bits per heavy atom. The maximum absolute atomic E-state index is 9.04. The predicted molar refractivity (Wildman–Crippen MR) is 55.2 cm³/mol. The first-order chi connectivity index (χ1) is 6.31. The summed E-state index contributed by atoms with van der Waals surface area (Å²) in [4.78, 5) is 0. The summed E-state index contributed by atoms with van der Waals surface area (Å²) in [6.07, 6.45) is 7.74. The highest BCUT2D eigenvalue weighted by molar-refractivity contribution is 6.49. The number of unbranched alkanes of at least 4 members (excludes halogenated alkanes) is 5. The van der Waals surface area contributed by atoms with Crippen LogP contribution in [0.1, 0.15) is 45.4 Å². The zero-order chi connectivity index (χ0) is 9.94. The molecule has 13 heavy (non-hydrogen) atoms. The van der Waals surface area contributed by atoms with E-state index in [-0.39, 0.29) is 0 Å².